The molecule has 0 aliphatic rings. The number of halogens is 1. The van der Waals surface area contributed by atoms with E-state index in [-0.39, 0.29) is 12.2 Å². The molecule has 0 radical (unpaired) electrons. The van der Waals surface area contributed by atoms with Gasteiger partial charge in [0.1, 0.15) is 4.21 Å². The van der Waals surface area contributed by atoms with Crippen molar-refractivity contribution in [2.75, 3.05) is 25.5 Å². The molecule has 23 heavy (non-hydrogen) atoms. The van der Waals surface area contributed by atoms with Crippen LogP contribution in [0.2, 0.25) is 0 Å². The smallest absolute Gasteiger partial charge is 0.270 e. The number of thiophene rings is 1. The highest BCUT2D eigenvalue weighted by Gasteiger charge is 2.21. The van der Waals surface area contributed by atoms with Crippen LogP contribution in [-0.4, -0.2) is 37.8 Å². The summed E-state index contributed by atoms with van der Waals surface area (Å²) in [4.78, 5) is 10.2. The van der Waals surface area contributed by atoms with Gasteiger partial charge in [-0.1, -0.05) is 6.07 Å². The van der Waals surface area contributed by atoms with Crippen LogP contribution >= 0.6 is 27.3 Å². The van der Waals surface area contributed by atoms with E-state index in [1.807, 2.05) is 0 Å². The fraction of sp³-hybridized carbons (Fsp3) is 0.231. The second-order valence-electron chi connectivity index (χ2n) is 4.61. The molecule has 0 unspecified atom stereocenters. The lowest BCUT2D eigenvalue weighted by atomic mass is 10.3. The first-order valence-electron chi connectivity index (χ1n) is 6.50. The maximum absolute atomic E-state index is 12.2. The predicted octanol–water partition coefficient (Wildman–Crippen LogP) is 3.15. The minimum atomic E-state index is -3.47. The molecular weight excluding hydrogens is 406 g/mol. The van der Waals surface area contributed by atoms with Crippen LogP contribution in [-0.2, 0) is 10.0 Å². The van der Waals surface area contributed by atoms with E-state index in [9.17, 15) is 18.5 Å². The molecule has 1 aromatic heterocycles. The maximum Gasteiger partial charge on any atom is 0.270 e. The van der Waals surface area contributed by atoms with Gasteiger partial charge in [0, 0.05) is 42.4 Å². The largest absolute Gasteiger partial charge is 0.383 e. The number of likely N-dealkylation sites (N-methyl/N-ethyl adjacent to an activating group) is 1. The monoisotopic (exact) mass is 419 g/mol. The zero-order chi connectivity index (χ0) is 17.0. The number of non-ortho nitro benzene ring substituents is 1. The van der Waals surface area contributed by atoms with E-state index in [1.165, 1.54) is 34.8 Å². The molecule has 1 heterocycles. The zero-order valence-corrected chi connectivity index (χ0v) is 15.3. The summed E-state index contributed by atoms with van der Waals surface area (Å²) in [5.41, 5.74) is 0.650. The molecule has 0 saturated carbocycles. The summed E-state index contributed by atoms with van der Waals surface area (Å²) >= 11 is 4.43. The number of nitro groups is 1. The number of nitrogens with one attached hydrogen (secondary N) is 1. The molecule has 1 N–H and O–H groups in total. The average Bonchev–Trinajstić information content (AvgIpc) is 3.03. The van der Waals surface area contributed by atoms with Gasteiger partial charge in [0.2, 0.25) is 0 Å². The molecule has 0 atom stereocenters. The molecule has 0 amide bonds. The lowest BCUT2D eigenvalue weighted by Gasteiger charge is -2.17. The van der Waals surface area contributed by atoms with E-state index in [0.717, 1.165) is 0 Å². The fourth-order valence-corrected chi connectivity index (χ4v) is 4.67. The lowest BCUT2D eigenvalue weighted by Crippen LogP contribution is -2.31. The second kappa shape index (κ2) is 7.39. The standard InChI is InChI=1S/C13H14BrN3O4S2/c1-16(23(20,21)13-3-2-8-22-13)7-6-15-12-5-4-10(17(18)19)9-11(12)14/h2-5,8-9,15H,6-7H2,1H3. The van der Waals surface area contributed by atoms with E-state index >= 15 is 0 Å². The average molecular weight is 420 g/mol. The Labute approximate surface area is 146 Å². The van der Waals surface area contributed by atoms with Crippen LogP contribution in [0.3, 0.4) is 0 Å². The van der Waals surface area contributed by atoms with Crippen LogP contribution in [0.4, 0.5) is 11.4 Å². The van der Waals surface area contributed by atoms with Crippen molar-refractivity contribution in [1.82, 2.24) is 4.31 Å². The Morgan fingerprint density at radius 1 is 1.39 bits per heavy atom. The van der Waals surface area contributed by atoms with Gasteiger partial charge in [-0.05, 0) is 33.4 Å². The van der Waals surface area contributed by atoms with Crippen molar-refractivity contribution >= 4 is 48.7 Å². The highest BCUT2D eigenvalue weighted by Crippen LogP contribution is 2.27. The van der Waals surface area contributed by atoms with Gasteiger partial charge in [0.15, 0.2) is 0 Å². The van der Waals surface area contributed by atoms with Gasteiger partial charge >= 0.3 is 0 Å². The van der Waals surface area contributed by atoms with E-state index in [2.05, 4.69) is 21.2 Å². The minimum Gasteiger partial charge on any atom is -0.383 e. The molecule has 0 aliphatic carbocycles. The third-order valence-corrected chi connectivity index (χ3v) is 6.95. The molecule has 1 aromatic carbocycles. The van der Waals surface area contributed by atoms with E-state index < -0.39 is 14.9 Å². The number of rotatable bonds is 7. The third kappa shape index (κ3) is 4.28. The summed E-state index contributed by atoms with van der Waals surface area (Å²) < 4.78 is 26.6. The predicted molar refractivity (Wildman–Crippen MR) is 93.4 cm³/mol. The number of nitro benzene ring substituents is 1. The van der Waals surface area contributed by atoms with E-state index in [0.29, 0.717) is 20.9 Å². The van der Waals surface area contributed by atoms with Gasteiger partial charge in [0.05, 0.1) is 4.92 Å². The molecule has 2 rings (SSSR count). The van der Waals surface area contributed by atoms with Crippen LogP contribution in [0.1, 0.15) is 0 Å². The number of nitrogens with zero attached hydrogens (tertiary/aromatic N) is 2. The Kier molecular flexibility index (Phi) is 5.74. The van der Waals surface area contributed by atoms with Crippen LogP contribution in [0, 0.1) is 10.1 Å². The van der Waals surface area contributed by atoms with Crippen molar-refractivity contribution in [2.24, 2.45) is 0 Å². The Hall–Kier alpha value is -1.49. The van der Waals surface area contributed by atoms with Gasteiger partial charge in [-0.15, -0.1) is 11.3 Å². The Balaban J connectivity index is 1.96. The van der Waals surface area contributed by atoms with Gasteiger partial charge < -0.3 is 5.32 Å². The maximum atomic E-state index is 12.2. The lowest BCUT2D eigenvalue weighted by molar-refractivity contribution is -0.384. The summed E-state index contributed by atoms with van der Waals surface area (Å²) in [6.45, 7) is 0.640. The van der Waals surface area contributed by atoms with Gasteiger partial charge in [-0.3, -0.25) is 10.1 Å². The van der Waals surface area contributed by atoms with Crippen molar-refractivity contribution in [1.29, 1.82) is 0 Å². The number of sulfonamides is 1. The Morgan fingerprint density at radius 3 is 2.70 bits per heavy atom. The SMILES string of the molecule is CN(CCNc1ccc([N+](=O)[O-])cc1Br)S(=O)(=O)c1cccs1. The summed E-state index contributed by atoms with van der Waals surface area (Å²) in [5, 5.41) is 15.5. The van der Waals surface area contributed by atoms with Crippen molar-refractivity contribution in [3.05, 3.63) is 50.3 Å². The summed E-state index contributed by atoms with van der Waals surface area (Å²) in [5.74, 6) is 0. The molecule has 2 aromatic rings. The molecule has 124 valence electrons. The molecule has 7 nitrogen and oxygen atoms in total. The molecule has 0 aliphatic heterocycles. The fourth-order valence-electron chi connectivity index (χ4n) is 1.79. The normalized spacial score (nSPS) is 11.6. The highest BCUT2D eigenvalue weighted by atomic mass is 79.9. The van der Waals surface area contributed by atoms with Crippen molar-refractivity contribution in [2.45, 2.75) is 4.21 Å². The molecule has 0 saturated heterocycles. The molecule has 10 heteroatoms. The first-order valence-corrected chi connectivity index (χ1v) is 9.61. The molecule has 0 spiro atoms. The van der Waals surface area contributed by atoms with E-state index in [1.54, 1.807) is 23.6 Å². The third-order valence-electron chi connectivity index (χ3n) is 3.07. The van der Waals surface area contributed by atoms with Crippen molar-refractivity contribution in [3.63, 3.8) is 0 Å². The quantitative estimate of drug-likeness (QED) is 0.549. The topological polar surface area (TPSA) is 92.5 Å². The first kappa shape index (κ1) is 17.9. The van der Waals surface area contributed by atoms with Gasteiger partial charge in [-0.25, -0.2) is 8.42 Å². The number of hydrogen-bond acceptors (Lipinski definition) is 6. The minimum absolute atomic E-state index is 0.0141. The second-order valence-corrected chi connectivity index (χ2v) is 8.68. The number of hydrogen-bond donors (Lipinski definition) is 1. The first-order chi connectivity index (χ1) is 10.8. The van der Waals surface area contributed by atoms with Gasteiger partial charge in [-0.2, -0.15) is 4.31 Å². The molecular formula is C13H14BrN3O4S2. The number of benzene rings is 1. The van der Waals surface area contributed by atoms with Crippen molar-refractivity contribution < 1.29 is 13.3 Å². The zero-order valence-electron chi connectivity index (χ0n) is 12.1. The summed E-state index contributed by atoms with van der Waals surface area (Å²) in [6.07, 6.45) is 0. The van der Waals surface area contributed by atoms with Crippen LogP contribution < -0.4 is 5.32 Å². The Morgan fingerprint density at radius 2 is 2.13 bits per heavy atom. The van der Waals surface area contributed by atoms with Crippen LogP contribution in [0.5, 0.6) is 0 Å². The van der Waals surface area contributed by atoms with Crippen LogP contribution in [0.25, 0.3) is 0 Å². The molecule has 0 bridgehead atoms. The summed E-state index contributed by atoms with van der Waals surface area (Å²) in [6, 6.07) is 7.62. The van der Waals surface area contributed by atoms with Crippen molar-refractivity contribution in [3.8, 4) is 0 Å². The Bertz CT molecular complexity index is 794. The van der Waals surface area contributed by atoms with Gasteiger partial charge in [0.25, 0.3) is 15.7 Å². The number of anilines is 1. The molecule has 0 fully saturated rings. The summed E-state index contributed by atoms with van der Waals surface area (Å²) in [7, 11) is -1.95. The van der Waals surface area contributed by atoms with Crippen LogP contribution in [0.15, 0.2) is 44.4 Å². The highest BCUT2D eigenvalue weighted by molar-refractivity contribution is 9.10. The van der Waals surface area contributed by atoms with E-state index in [4.69, 9.17) is 0 Å².